The molecule has 2 atom stereocenters. The second kappa shape index (κ2) is 7.30. The summed E-state index contributed by atoms with van der Waals surface area (Å²) in [6, 6.07) is -1.45. The summed E-state index contributed by atoms with van der Waals surface area (Å²) >= 11 is 0. The number of carbonyl (C=O) groups excluding carboxylic acids is 1. The van der Waals surface area contributed by atoms with Crippen LogP contribution in [-0.2, 0) is 14.3 Å². The molecule has 1 saturated heterocycles. The van der Waals surface area contributed by atoms with Crippen LogP contribution in [0.15, 0.2) is 0 Å². The van der Waals surface area contributed by atoms with Crippen molar-refractivity contribution in [1.29, 1.82) is 0 Å². The van der Waals surface area contributed by atoms with Crippen LogP contribution in [0.25, 0.3) is 0 Å². The smallest absolute Gasteiger partial charge is 0.328 e. The molecule has 0 aromatic heterocycles. The molecular formula is C12H22N2O5. The van der Waals surface area contributed by atoms with E-state index in [-0.39, 0.29) is 31.1 Å². The Hall–Kier alpha value is -1.34. The molecule has 1 aliphatic heterocycles. The Labute approximate surface area is 112 Å². The lowest BCUT2D eigenvalue weighted by Gasteiger charge is -2.34. The Morgan fingerprint density at radius 1 is 1.53 bits per heavy atom. The number of carboxylic acids is 1. The maximum absolute atomic E-state index is 12.1. The number of nitrogens with one attached hydrogen (secondary N) is 1. The molecule has 2 unspecified atom stereocenters. The Kier molecular flexibility index (Phi) is 6.04. The number of hydrogen-bond donors (Lipinski definition) is 2. The summed E-state index contributed by atoms with van der Waals surface area (Å²) in [5, 5.41) is 11.9. The van der Waals surface area contributed by atoms with E-state index in [1.54, 1.807) is 7.11 Å². The van der Waals surface area contributed by atoms with Crippen molar-refractivity contribution in [3.8, 4) is 0 Å². The molecule has 0 aromatic carbocycles. The van der Waals surface area contributed by atoms with Crippen molar-refractivity contribution in [1.82, 2.24) is 10.2 Å². The zero-order valence-electron chi connectivity index (χ0n) is 11.6. The maximum atomic E-state index is 12.1. The van der Waals surface area contributed by atoms with Crippen molar-refractivity contribution in [3.63, 3.8) is 0 Å². The summed E-state index contributed by atoms with van der Waals surface area (Å²) in [7, 11) is 1.57. The zero-order valence-corrected chi connectivity index (χ0v) is 11.6. The van der Waals surface area contributed by atoms with Gasteiger partial charge >= 0.3 is 12.0 Å². The number of aliphatic carboxylic acids is 1. The number of carbonyl (C=O) groups is 2. The number of amides is 2. The number of methoxy groups -OCH3 is 1. The summed E-state index contributed by atoms with van der Waals surface area (Å²) in [5.74, 6) is -0.851. The summed E-state index contributed by atoms with van der Waals surface area (Å²) in [6.07, 6.45) is 0. The van der Waals surface area contributed by atoms with Gasteiger partial charge in [0.1, 0.15) is 0 Å². The SMILES string of the molecule is COCC(NC(=O)N1CCOCC1C(=O)O)C(C)C. The highest BCUT2D eigenvalue weighted by molar-refractivity contribution is 5.83. The first-order valence-corrected chi connectivity index (χ1v) is 6.34. The highest BCUT2D eigenvalue weighted by Gasteiger charge is 2.33. The molecule has 0 aliphatic carbocycles. The Balaban J connectivity index is 2.66. The molecule has 0 bridgehead atoms. The third kappa shape index (κ3) is 4.36. The fourth-order valence-corrected chi connectivity index (χ4v) is 1.87. The van der Waals surface area contributed by atoms with E-state index < -0.39 is 12.0 Å². The van der Waals surface area contributed by atoms with Gasteiger partial charge in [-0.3, -0.25) is 0 Å². The highest BCUT2D eigenvalue weighted by atomic mass is 16.5. The molecule has 0 radical (unpaired) electrons. The summed E-state index contributed by atoms with van der Waals surface area (Å²) < 4.78 is 10.2. The van der Waals surface area contributed by atoms with Gasteiger partial charge in [-0.05, 0) is 5.92 Å². The molecule has 0 spiro atoms. The fraction of sp³-hybridized carbons (Fsp3) is 0.833. The topological polar surface area (TPSA) is 88.1 Å². The molecule has 0 aromatic rings. The van der Waals surface area contributed by atoms with E-state index in [0.29, 0.717) is 13.2 Å². The van der Waals surface area contributed by atoms with Gasteiger partial charge in [0.15, 0.2) is 6.04 Å². The molecule has 1 rings (SSSR count). The minimum atomic E-state index is -1.05. The van der Waals surface area contributed by atoms with Gasteiger partial charge in [0.25, 0.3) is 0 Å². The van der Waals surface area contributed by atoms with Crippen LogP contribution in [0.3, 0.4) is 0 Å². The third-order valence-corrected chi connectivity index (χ3v) is 3.13. The van der Waals surface area contributed by atoms with E-state index in [1.165, 1.54) is 4.90 Å². The van der Waals surface area contributed by atoms with Crippen molar-refractivity contribution in [2.24, 2.45) is 5.92 Å². The predicted molar refractivity (Wildman–Crippen MR) is 68.0 cm³/mol. The Morgan fingerprint density at radius 3 is 2.74 bits per heavy atom. The molecule has 7 heteroatoms. The normalized spacial score (nSPS) is 21.3. The van der Waals surface area contributed by atoms with Crippen LogP contribution in [0.4, 0.5) is 4.79 Å². The minimum Gasteiger partial charge on any atom is -0.480 e. The zero-order chi connectivity index (χ0) is 14.4. The molecule has 19 heavy (non-hydrogen) atoms. The van der Waals surface area contributed by atoms with Crippen LogP contribution >= 0.6 is 0 Å². The van der Waals surface area contributed by atoms with E-state index in [9.17, 15) is 9.59 Å². The Bertz CT molecular complexity index is 321. The van der Waals surface area contributed by atoms with E-state index in [0.717, 1.165) is 0 Å². The van der Waals surface area contributed by atoms with Gasteiger partial charge in [-0.15, -0.1) is 0 Å². The summed E-state index contributed by atoms with van der Waals surface area (Å²) in [4.78, 5) is 24.5. The lowest BCUT2D eigenvalue weighted by atomic mass is 10.1. The van der Waals surface area contributed by atoms with E-state index in [4.69, 9.17) is 14.6 Å². The number of nitrogens with zero attached hydrogens (tertiary/aromatic N) is 1. The first kappa shape index (κ1) is 15.7. The minimum absolute atomic E-state index is 0.0272. The number of urea groups is 1. The van der Waals surface area contributed by atoms with Crippen molar-refractivity contribution in [2.45, 2.75) is 25.9 Å². The quantitative estimate of drug-likeness (QED) is 0.745. The van der Waals surface area contributed by atoms with Gasteiger partial charge in [-0.1, -0.05) is 13.8 Å². The lowest BCUT2D eigenvalue weighted by molar-refractivity contribution is -0.147. The standard InChI is InChI=1S/C12H22N2O5/c1-8(2)9(6-18-3)13-12(17)14-4-5-19-7-10(14)11(15)16/h8-10H,4-7H2,1-3H3,(H,13,17)(H,15,16). The van der Waals surface area contributed by atoms with E-state index >= 15 is 0 Å². The number of hydrogen-bond acceptors (Lipinski definition) is 4. The van der Waals surface area contributed by atoms with Gasteiger partial charge in [0.2, 0.25) is 0 Å². The number of rotatable bonds is 5. The Morgan fingerprint density at radius 2 is 2.21 bits per heavy atom. The molecular weight excluding hydrogens is 252 g/mol. The van der Waals surface area contributed by atoms with Crippen LogP contribution in [0.2, 0.25) is 0 Å². The van der Waals surface area contributed by atoms with Crippen molar-refractivity contribution >= 4 is 12.0 Å². The molecule has 2 amide bonds. The van der Waals surface area contributed by atoms with Gasteiger partial charge in [0, 0.05) is 13.7 Å². The largest absolute Gasteiger partial charge is 0.480 e. The summed E-state index contributed by atoms with van der Waals surface area (Å²) in [5.41, 5.74) is 0. The maximum Gasteiger partial charge on any atom is 0.328 e. The molecule has 7 nitrogen and oxygen atoms in total. The number of ether oxygens (including phenoxy) is 2. The summed E-state index contributed by atoms with van der Waals surface area (Å²) in [6.45, 7) is 5.00. The monoisotopic (exact) mass is 274 g/mol. The van der Waals surface area contributed by atoms with Gasteiger partial charge in [0.05, 0.1) is 25.9 Å². The number of morpholine rings is 1. The predicted octanol–water partition coefficient (Wildman–Crippen LogP) is 0.152. The molecule has 1 heterocycles. The van der Waals surface area contributed by atoms with Gasteiger partial charge < -0.3 is 24.8 Å². The molecule has 2 N–H and O–H groups in total. The fourth-order valence-electron chi connectivity index (χ4n) is 1.87. The third-order valence-electron chi connectivity index (χ3n) is 3.13. The average Bonchev–Trinajstić information content (AvgIpc) is 2.37. The highest BCUT2D eigenvalue weighted by Crippen LogP contribution is 2.09. The van der Waals surface area contributed by atoms with Crippen LogP contribution < -0.4 is 5.32 Å². The van der Waals surface area contributed by atoms with Crippen molar-refractivity contribution in [2.75, 3.05) is 33.5 Å². The van der Waals surface area contributed by atoms with E-state index in [2.05, 4.69) is 5.32 Å². The second-order valence-electron chi connectivity index (χ2n) is 4.88. The number of carboxylic acid groups (broad SMARTS) is 1. The van der Waals surface area contributed by atoms with Crippen LogP contribution in [0.1, 0.15) is 13.8 Å². The average molecular weight is 274 g/mol. The molecule has 0 saturated carbocycles. The van der Waals surface area contributed by atoms with Crippen LogP contribution in [0, 0.1) is 5.92 Å². The van der Waals surface area contributed by atoms with E-state index in [1.807, 2.05) is 13.8 Å². The van der Waals surface area contributed by atoms with Gasteiger partial charge in [-0.2, -0.15) is 0 Å². The first-order valence-electron chi connectivity index (χ1n) is 6.34. The molecule has 1 fully saturated rings. The van der Waals surface area contributed by atoms with Crippen molar-refractivity contribution < 1.29 is 24.2 Å². The lowest BCUT2D eigenvalue weighted by Crippen LogP contribution is -2.58. The van der Waals surface area contributed by atoms with Crippen molar-refractivity contribution in [3.05, 3.63) is 0 Å². The van der Waals surface area contributed by atoms with Crippen LogP contribution in [0.5, 0.6) is 0 Å². The van der Waals surface area contributed by atoms with Gasteiger partial charge in [-0.25, -0.2) is 9.59 Å². The molecule has 110 valence electrons. The first-order chi connectivity index (χ1) is 8.97. The molecule has 1 aliphatic rings. The second-order valence-corrected chi connectivity index (χ2v) is 4.88. The van der Waals surface area contributed by atoms with Crippen LogP contribution in [-0.4, -0.2) is 67.6 Å².